The molecule has 0 saturated carbocycles. The van der Waals surface area contributed by atoms with Crippen molar-refractivity contribution >= 4 is 22.4 Å². The maximum Gasteiger partial charge on any atom is 0.270 e. The van der Waals surface area contributed by atoms with E-state index in [9.17, 15) is 4.79 Å². The van der Waals surface area contributed by atoms with E-state index in [-0.39, 0.29) is 5.78 Å². The number of nitrogens with two attached hydrogens (primary N) is 2. The third-order valence-electron chi connectivity index (χ3n) is 4.05. The van der Waals surface area contributed by atoms with Crippen LogP contribution in [0.2, 0.25) is 0 Å². The summed E-state index contributed by atoms with van der Waals surface area (Å²) in [6.45, 7) is 0. The second-order valence-electron chi connectivity index (χ2n) is 5.93. The largest absolute Gasteiger partial charge is 0.299 e. The number of hydrogen-bond donors (Lipinski definition) is 2. The molecule has 2 aromatic carbocycles. The number of aromatic nitrogens is 1. The first kappa shape index (κ1) is 15.9. The number of Topliss-reactive ketones (excluding diaryl/α,β-unsaturated/α-hetero) is 1. The average Bonchev–Trinajstić information content (AvgIpc) is 2.60. The van der Waals surface area contributed by atoms with Gasteiger partial charge in [-0.15, -0.1) is 0 Å². The molecule has 1 aromatic heterocycles. The smallest absolute Gasteiger partial charge is 0.270 e. The Kier molecular flexibility index (Phi) is 4.66. The monoisotopic (exact) mass is 318 g/mol. The van der Waals surface area contributed by atoms with Gasteiger partial charge < -0.3 is 0 Å². The van der Waals surface area contributed by atoms with E-state index >= 15 is 0 Å². The van der Waals surface area contributed by atoms with Crippen molar-refractivity contribution in [3.63, 3.8) is 0 Å². The summed E-state index contributed by atoms with van der Waals surface area (Å²) in [5.74, 6) is 0.543. The molecular formula is C20H20N3O+. The molecule has 0 amide bonds. The number of carbonyl (C=O) groups is 1. The van der Waals surface area contributed by atoms with Gasteiger partial charge in [0.15, 0.2) is 0 Å². The van der Waals surface area contributed by atoms with Crippen LogP contribution in [0.5, 0.6) is 0 Å². The molecular weight excluding hydrogens is 298 g/mol. The molecule has 4 nitrogen and oxygen atoms in total. The Morgan fingerprint density at radius 1 is 1.04 bits per heavy atom. The summed E-state index contributed by atoms with van der Waals surface area (Å²) in [4.78, 5) is 16.3. The Bertz CT molecular complexity index is 888. The van der Waals surface area contributed by atoms with Crippen molar-refractivity contribution in [2.24, 2.45) is 5.73 Å². The Labute approximate surface area is 140 Å². The van der Waals surface area contributed by atoms with Crippen LogP contribution in [0, 0.1) is 0 Å². The van der Waals surface area contributed by atoms with Gasteiger partial charge >= 0.3 is 0 Å². The molecule has 0 spiro atoms. The zero-order chi connectivity index (χ0) is 16.9. The number of pyridine rings is 1. The second kappa shape index (κ2) is 7.04. The predicted molar refractivity (Wildman–Crippen MR) is 95.4 cm³/mol. The van der Waals surface area contributed by atoms with Crippen LogP contribution in [0.3, 0.4) is 0 Å². The number of nitrogens with zero attached hydrogens (tertiary/aromatic N) is 1. The van der Waals surface area contributed by atoms with Gasteiger partial charge in [0.2, 0.25) is 0 Å². The summed E-state index contributed by atoms with van der Waals surface area (Å²) in [5.41, 5.74) is 8.56. The van der Waals surface area contributed by atoms with E-state index in [2.05, 4.69) is 4.98 Å². The molecule has 0 aliphatic rings. The number of hydrogen-bond acceptors (Lipinski definition) is 2. The van der Waals surface area contributed by atoms with Crippen LogP contribution in [0.1, 0.15) is 23.1 Å². The number of rotatable bonds is 6. The minimum absolute atomic E-state index is 0.231. The standard InChI is InChI=1S/C20H19N3O/c21-20(22)18-7-6-16-10-15(3-5-17(16)12-18)11-19(24)8-4-14-2-1-9-23-13-14/h1-3,5-7,9-10,12-13H,4,8,11H2,(H3,21,22)/p+1. The normalized spacial score (nSPS) is 10.7. The minimum Gasteiger partial charge on any atom is -0.299 e. The number of ketones is 1. The quantitative estimate of drug-likeness (QED) is 0.533. The zero-order valence-corrected chi connectivity index (χ0v) is 13.4. The summed E-state index contributed by atoms with van der Waals surface area (Å²) in [6.07, 6.45) is 5.25. The van der Waals surface area contributed by atoms with Crippen molar-refractivity contribution in [1.29, 1.82) is 0 Å². The lowest BCUT2D eigenvalue weighted by Crippen LogP contribution is -2.46. The summed E-state index contributed by atoms with van der Waals surface area (Å²) in [7, 11) is 0. The van der Waals surface area contributed by atoms with Gasteiger partial charge in [-0.05, 0) is 46.5 Å². The Morgan fingerprint density at radius 2 is 1.83 bits per heavy atom. The molecule has 0 bridgehead atoms. The van der Waals surface area contributed by atoms with Crippen LogP contribution in [0.25, 0.3) is 10.8 Å². The van der Waals surface area contributed by atoms with Gasteiger partial charge in [0.05, 0.1) is 5.56 Å². The lowest BCUT2D eigenvalue weighted by Gasteiger charge is -2.05. The van der Waals surface area contributed by atoms with Gasteiger partial charge in [0.25, 0.3) is 5.84 Å². The fraction of sp³-hybridized carbons (Fsp3) is 0.150. The van der Waals surface area contributed by atoms with Gasteiger partial charge in [0.1, 0.15) is 5.78 Å². The van der Waals surface area contributed by atoms with E-state index in [1.165, 1.54) is 0 Å². The number of amidine groups is 1. The summed E-state index contributed by atoms with van der Waals surface area (Å²) < 4.78 is 0. The number of carbonyl (C=O) groups excluding carboxylic acids is 1. The maximum absolute atomic E-state index is 12.2. The topological polar surface area (TPSA) is 81.6 Å². The van der Waals surface area contributed by atoms with Crippen molar-refractivity contribution in [2.45, 2.75) is 19.3 Å². The molecule has 120 valence electrons. The van der Waals surface area contributed by atoms with Crippen molar-refractivity contribution in [2.75, 3.05) is 0 Å². The highest BCUT2D eigenvalue weighted by molar-refractivity contribution is 5.97. The van der Waals surface area contributed by atoms with E-state index in [0.717, 1.165) is 33.9 Å². The van der Waals surface area contributed by atoms with Crippen LogP contribution in [0.15, 0.2) is 60.9 Å². The first-order valence-corrected chi connectivity index (χ1v) is 7.93. The SMILES string of the molecule is NC(=[NH2+])c1ccc2cc(CC(=O)CCc3cccnc3)ccc2c1. The number of benzene rings is 2. The molecule has 0 atom stereocenters. The number of fused-ring (bicyclic) bond motifs is 1. The van der Waals surface area contributed by atoms with Gasteiger partial charge in [-0.25, -0.2) is 0 Å². The highest BCUT2D eigenvalue weighted by atomic mass is 16.1. The molecule has 3 aromatic rings. The molecule has 0 fully saturated rings. The molecule has 3 rings (SSSR count). The molecule has 0 radical (unpaired) electrons. The average molecular weight is 318 g/mol. The molecule has 4 heteroatoms. The lowest BCUT2D eigenvalue weighted by atomic mass is 9.99. The molecule has 24 heavy (non-hydrogen) atoms. The molecule has 0 aliphatic carbocycles. The van der Waals surface area contributed by atoms with Crippen LogP contribution in [-0.4, -0.2) is 16.6 Å². The van der Waals surface area contributed by atoms with Crippen LogP contribution >= 0.6 is 0 Å². The minimum atomic E-state index is 0.231. The van der Waals surface area contributed by atoms with Crippen LogP contribution < -0.4 is 11.1 Å². The summed E-state index contributed by atoms with van der Waals surface area (Å²) in [5, 5.41) is 7.77. The molecule has 4 N–H and O–H groups in total. The Hall–Kier alpha value is -3.01. The fourth-order valence-corrected chi connectivity index (χ4v) is 2.73. The van der Waals surface area contributed by atoms with Gasteiger partial charge in [-0.3, -0.25) is 20.9 Å². The Morgan fingerprint density at radius 3 is 2.58 bits per heavy atom. The molecule has 1 heterocycles. The van der Waals surface area contributed by atoms with Crippen molar-refractivity contribution < 1.29 is 10.2 Å². The van der Waals surface area contributed by atoms with E-state index in [1.807, 2.05) is 48.5 Å². The van der Waals surface area contributed by atoms with Gasteiger partial charge in [-0.1, -0.05) is 30.3 Å². The lowest BCUT2D eigenvalue weighted by molar-refractivity contribution is -0.118. The first-order valence-electron chi connectivity index (χ1n) is 7.93. The van der Waals surface area contributed by atoms with Crippen LogP contribution in [-0.2, 0) is 17.6 Å². The zero-order valence-electron chi connectivity index (χ0n) is 13.4. The highest BCUT2D eigenvalue weighted by Crippen LogP contribution is 2.18. The summed E-state index contributed by atoms with van der Waals surface area (Å²) >= 11 is 0. The molecule has 0 aliphatic heterocycles. The summed E-state index contributed by atoms with van der Waals surface area (Å²) in [6, 6.07) is 15.8. The molecule has 0 saturated heterocycles. The van der Waals surface area contributed by atoms with Crippen LogP contribution in [0.4, 0.5) is 0 Å². The number of aryl methyl sites for hydroxylation is 1. The van der Waals surface area contributed by atoms with E-state index < -0.39 is 0 Å². The van der Waals surface area contributed by atoms with E-state index in [4.69, 9.17) is 11.1 Å². The predicted octanol–water partition coefficient (Wildman–Crippen LogP) is 1.44. The second-order valence-corrected chi connectivity index (χ2v) is 5.93. The first-order chi connectivity index (χ1) is 11.6. The third kappa shape index (κ3) is 3.84. The maximum atomic E-state index is 12.2. The van der Waals surface area contributed by atoms with Gasteiger partial charge in [-0.2, -0.15) is 0 Å². The van der Waals surface area contributed by atoms with Crippen molar-refractivity contribution in [3.05, 3.63) is 77.6 Å². The van der Waals surface area contributed by atoms with E-state index in [0.29, 0.717) is 18.7 Å². The molecule has 0 unspecified atom stereocenters. The van der Waals surface area contributed by atoms with E-state index in [1.54, 1.807) is 12.4 Å². The fourth-order valence-electron chi connectivity index (χ4n) is 2.73. The van der Waals surface area contributed by atoms with Gasteiger partial charge in [0, 0.05) is 25.2 Å². The third-order valence-corrected chi connectivity index (χ3v) is 4.05. The highest BCUT2D eigenvalue weighted by Gasteiger charge is 2.07. The van der Waals surface area contributed by atoms with Crippen molar-refractivity contribution in [1.82, 2.24) is 4.98 Å². The van der Waals surface area contributed by atoms with Crippen molar-refractivity contribution in [3.8, 4) is 0 Å². The Balaban J connectivity index is 1.67.